The third-order valence-corrected chi connectivity index (χ3v) is 4.00. The van der Waals surface area contributed by atoms with Gasteiger partial charge in [0.2, 0.25) is 5.09 Å². The average Bonchev–Trinajstić information content (AvgIpc) is 2.78. The fourth-order valence-electron chi connectivity index (χ4n) is 1.46. The van der Waals surface area contributed by atoms with Gasteiger partial charge in [0.15, 0.2) is 0 Å². The zero-order valence-electron chi connectivity index (χ0n) is 10.3. The van der Waals surface area contributed by atoms with Gasteiger partial charge in [-0.25, -0.2) is 8.42 Å². The predicted octanol–water partition coefficient (Wildman–Crippen LogP) is 0.168. The lowest BCUT2D eigenvalue weighted by molar-refractivity contribution is 0.257. The quantitative estimate of drug-likeness (QED) is 0.660. The molecule has 7 heteroatoms. The number of aliphatic hydroxyl groups is 1. The van der Waals surface area contributed by atoms with Gasteiger partial charge < -0.3 is 14.8 Å². The van der Waals surface area contributed by atoms with E-state index in [0.29, 0.717) is 12.3 Å². The predicted molar refractivity (Wildman–Crippen MR) is 67.5 cm³/mol. The summed E-state index contributed by atoms with van der Waals surface area (Å²) in [6.45, 7) is 3.84. The van der Waals surface area contributed by atoms with Crippen LogP contribution in [-0.4, -0.2) is 44.6 Å². The lowest BCUT2D eigenvalue weighted by atomic mass is 10.4. The van der Waals surface area contributed by atoms with Gasteiger partial charge in [0, 0.05) is 13.1 Å². The highest BCUT2D eigenvalue weighted by Crippen LogP contribution is 2.18. The van der Waals surface area contributed by atoms with Crippen LogP contribution in [0.5, 0.6) is 0 Å². The van der Waals surface area contributed by atoms with Crippen LogP contribution in [0.25, 0.3) is 0 Å². The highest BCUT2D eigenvalue weighted by atomic mass is 32.2. The first-order chi connectivity index (χ1) is 8.56. The Hall–Kier alpha value is -1.15. The Labute approximate surface area is 107 Å². The van der Waals surface area contributed by atoms with Gasteiger partial charge in [-0.2, -0.15) is 4.31 Å². The van der Waals surface area contributed by atoms with Crippen LogP contribution in [-0.2, 0) is 16.6 Å². The van der Waals surface area contributed by atoms with Crippen LogP contribution in [0.3, 0.4) is 0 Å². The van der Waals surface area contributed by atoms with Crippen LogP contribution in [0, 0.1) is 0 Å². The second-order valence-electron chi connectivity index (χ2n) is 3.63. The molecule has 0 bridgehead atoms. The maximum Gasteiger partial charge on any atom is 0.276 e. The molecular formula is C11H18N2O4S. The van der Waals surface area contributed by atoms with Crippen molar-refractivity contribution < 1.29 is 17.9 Å². The molecule has 6 nitrogen and oxygen atoms in total. The van der Waals surface area contributed by atoms with E-state index < -0.39 is 10.0 Å². The molecule has 1 aromatic heterocycles. The number of hydrogen-bond acceptors (Lipinski definition) is 5. The Balaban J connectivity index is 2.97. The molecule has 2 N–H and O–H groups in total. The summed E-state index contributed by atoms with van der Waals surface area (Å²) in [6.07, 6.45) is 1.46. The highest BCUT2D eigenvalue weighted by Gasteiger charge is 2.26. The number of rotatable bonds is 8. The first-order valence-corrected chi connectivity index (χ1v) is 6.95. The van der Waals surface area contributed by atoms with Gasteiger partial charge in [0.1, 0.15) is 5.76 Å². The molecule has 1 rings (SSSR count). The van der Waals surface area contributed by atoms with E-state index in [0.717, 1.165) is 4.31 Å². The fourth-order valence-corrected chi connectivity index (χ4v) is 2.79. The minimum atomic E-state index is -3.72. The standard InChI is InChI=1S/C11H18N2O4S/c1-3-6-13(7-8-14)18(15,16)11-5-4-10(17-11)9-12-2/h3-5,12,14H,1,6-9H2,2H3. The summed E-state index contributed by atoms with van der Waals surface area (Å²) < 4.78 is 30.7. The number of nitrogens with zero attached hydrogens (tertiary/aromatic N) is 1. The second-order valence-corrected chi connectivity index (χ2v) is 5.50. The maximum absolute atomic E-state index is 12.2. The van der Waals surface area contributed by atoms with Crippen molar-refractivity contribution >= 4 is 10.0 Å². The third-order valence-electron chi connectivity index (χ3n) is 2.26. The van der Waals surface area contributed by atoms with Crippen molar-refractivity contribution in [2.24, 2.45) is 0 Å². The molecule has 0 spiro atoms. The normalized spacial score (nSPS) is 11.9. The van der Waals surface area contributed by atoms with Crippen LogP contribution in [0.4, 0.5) is 0 Å². The van der Waals surface area contributed by atoms with E-state index >= 15 is 0 Å². The molecule has 0 aliphatic heterocycles. The summed E-state index contributed by atoms with van der Waals surface area (Å²) in [5.41, 5.74) is 0. The molecule has 0 aromatic carbocycles. The Morgan fingerprint density at radius 3 is 2.83 bits per heavy atom. The van der Waals surface area contributed by atoms with E-state index in [4.69, 9.17) is 9.52 Å². The van der Waals surface area contributed by atoms with Crippen LogP contribution in [0.1, 0.15) is 5.76 Å². The van der Waals surface area contributed by atoms with Crippen LogP contribution in [0.2, 0.25) is 0 Å². The number of sulfonamides is 1. The lowest BCUT2D eigenvalue weighted by Crippen LogP contribution is -2.33. The summed E-state index contributed by atoms with van der Waals surface area (Å²) in [5, 5.41) is 11.6. The highest BCUT2D eigenvalue weighted by molar-refractivity contribution is 7.89. The molecule has 1 aromatic rings. The average molecular weight is 274 g/mol. The minimum Gasteiger partial charge on any atom is -0.447 e. The van der Waals surface area contributed by atoms with E-state index in [1.54, 1.807) is 13.1 Å². The topological polar surface area (TPSA) is 82.8 Å². The largest absolute Gasteiger partial charge is 0.447 e. The van der Waals surface area contributed by atoms with Crippen molar-refractivity contribution in [2.45, 2.75) is 11.6 Å². The summed E-state index contributed by atoms with van der Waals surface area (Å²) in [4.78, 5) is 0. The summed E-state index contributed by atoms with van der Waals surface area (Å²) in [7, 11) is -1.97. The van der Waals surface area contributed by atoms with E-state index in [2.05, 4.69) is 11.9 Å². The molecule has 0 fully saturated rings. The lowest BCUT2D eigenvalue weighted by Gasteiger charge is -2.17. The zero-order valence-corrected chi connectivity index (χ0v) is 11.1. The third kappa shape index (κ3) is 3.42. The van der Waals surface area contributed by atoms with E-state index in [-0.39, 0.29) is 24.8 Å². The van der Waals surface area contributed by atoms with E-state index in [9.17, 15) is 8.42 Å². The molecule has 0 aliphatic rings. The zero-order chi connectivity index (χ0) is 13.6. The molecule has 0 saturated heterocycles. The first kappa shape index (κ1) is 14.9. The number of nitrogens with one attached hydrogen (secondary N) is 1. The number of hydrogen-bond donors (Lipinski definition) is 2. The van der Waals surface area contributed by atoms with Crippen molar-refractivity contribution in [3.05, 3.63) is 30.5 Å². The Morgan fingerprint density at radius 2 is 2.28 bits per heavy atom. The molecule has 0 saturated carbocycles. The molecular weight excluding hydrogens is 256 g/mol. The van der Waals surface area contributed by atoms with Crippen molar-refractivity contribution in [1.29, 1.82) is 0 Å². The van der Waals surface area contributed by atoms with Gasteiger partial charge >= 0.3 is 0 Å². The number of aliphatic hydroxyl groups excluding tert-OH is 1. The van der Waals surface area contributed by atoms with Crippen LogP contribution in [0.15, 0.2) is 34.3 Å². The van der Waals surface area contributed by atoms with Gasteiger partial charge in [-0.1, -0.05) is 6.08 Å². The molecule has 0 atom stereocenters. The van der Waals surface area contributed by atoms with Gasteiger partial charge in [-0.05, 0) is 19.2 Å². The van der Waals surface area contributed by atoms with Gasteiger partial charge in [-0.3, -0.25) is 0 Å². The van der Waals surface area contributed by atoms with Crippen molar-refractivity contribution in [3.63, 3.8) is 0 Å². The molecule has 0 aliphatic carbocycles. The molecule has 0 radical (unpaired) electrons. The minimum absolute atomic E-state index is 0.0103. The van der Waals surface area contributed by atoms with Gasteiger partial charge in [0.25, 0.3) is 10.0 Å². The molecule has 0 unspecified atom stereocenters. The van der Waals surface area contributed by atoms with Crippen molar-refractivity contribution in [3.8, 4) is 0 Å². The summed E-state index contributed by atoms with van der Waals surface area (Å²) in [6, 6.07) is 3.02. The SMILES string of the molecule is C=CCN(CCO)S(=O)(=O)c1ccc(CNC)o1. The first-order valence-electron chi connectivity index (χ1n) is 5.51. The Morgan fingerprint density at radius 1 is 1.56 bits per heavy atom. The monoisotopic (exact) mass is 274 g/mol. The fraction of sp³-hybridized carbons (Fsp3) is 0.455. The molecule has 0 amide bonds. The van der Waals surface area contributed by atoms with E-state index in [1.165, 1.54) is 12.1 Å². The molecule has 102 valence electrons. The number of furan rings is 1. The van der Waals surface area contributed by atoms with Crippen molar-refractivity contribution in [1.82, 2.24) is 9.62 Å². The maximum atomic E-state index is 12.2. The Bertz CT molecular complexity index is 481. The summed E-state index contributed by atoms with van der Waals surface area (Å²) in [5.74, 6) is 0.540. The van der Waals surface area contributed by atoms with E-state index in [1.807, 2.05) is 0 Å². The molecule has 1 heterocycles. The van der Waals surface area contributed by atoms with Gasteiger partial charge in [0.05, 0.1) is 13.2 Å². The Kier molecular flexibility index (Phi) is 5.54. The van der Waals surface area contributed by atoms with Gasteiger partial charge in [-0.15, -0.1) is 6.58 Å². The van der Waals surface area contributed by atoms with Crippen LogP contribution < -0.4 is 5.32 Å². The smallest absolute Gasteiger partial charge is 0.276 e. The molecule has 18 heavy (non-hydrogen) atoms. The second kappa shape index (κ2) is 6.69. The summed E-state index contributed by atoms with van der Waals surface area (Å²) >= 11 is 0. The van der Waals surface area contributed by atoms with Crippen LogP contribution >= 0.6 is 0 Å². The van der Waals surface area contributed by atoms with Crippen molar-refractivity contribution in [2.75, 3.05) is 26.7 Å².